The predicted molar refractivity (Wildman–Crippen MR) is 43.3 cm³/mol. The summed E-state index contributed by atoms with van der Waals surface area (Å²) in [6.07, 6.45) is 0.531. The number of carbonyl (C=O) groups excluding carboxylic acids is 1. The summed E-state index contributed by atoms with van der Waals surface area (Å²) < 4.78 is 4.74. The molecule has 0 heterocycles. The monoisotopic (exact) mass is 209 g/mol. The molecule has 0 atom stereocenters. The predicted octanol–water partition coefficient (Wildman–Crippen LogP) is 0.534. The highest BCUT2D eigenvalue weighted by Crippen LogP contribution is 1.85. The first-order chi connectivity index (χ1) is 4.81. The number of carbonyl (C=O) groups is 1. The quantitative estimate of drug-likeness (QED) is 0.531. The first kappa shape index (κ1) is 9.91. The third-order valence-electron chi connectivity index (χ3n) is 0.950. The molecule has 4 heteroatoms. The van der Waals surface area contributed by atoms with E-state index in [9.17, 15) is 4.79 Å². The van der Waals surface area contributed by atoms with Crippen LogP contribution in [0.5, 0.6) is 0 Å². The second-order valence-corrected chi connectivity index (χ2v) is 2.57. The Kier molecular flexibility index (Phi) is 6.96. The molecule has 0 aliphatic rings. The van der Waals surface area contributed by atoms with Crippen LogP contribution in [-0.2, 0) is 9.53 Å². The molecule has 0 aliphatic carbocycles. The summed E-state index contributed by atoms with van der Waals surface area (Å²) in [6, 6.07) is 0. The van der Waals surface area contributed by atoms with Gasteiger partial charge in [0.1, 0.15) is 0 Å². The Bertz CT molecular complexity index is 97.7. The molecular weight excluding hydrogens is 198 g/mol. The molecule has 0 rings (SSSR count). The second-order valence-electron chi connectivity index (χ2n) is 1.78. The second kappa shape index (κ2) is 7.02. The SMILES string of the molecule is COCCNC(=O)CCBr. The molecule has 0 spiro atoms. The summed E-state index contributed by atoms with van der Waals surface area (Å²) in [6.45, 7) is 1.18. The molecule has 3 nitrogen and oxygen atoms in total. The van der Waals surface area contributed by atoms with E-state index in [-0.39, 0.29) is 5.91 Å². The first-order valence-electron chi connectivity index (χ1n) is 3.13. The van der Waals surface area contributed by atoms with Crippen LogP contribution in [0.1, 0.15) is 6.42 Å². The molecule has 0 bridgehead atoms. The largest absolute Gasteiger partial charge is 0.383 e. The summed E-state index contributed by atoms with van der Waals surface area (Å²) >= 11 is 3.17. The van der Waals surface area contributed by atoms with Gasteiger partial charge in [-0.1, -0.05) is 15.9 Å². The van der Waals surface area contributed by atoms with Crippen molar-refractivity contribution in [1.82, 2.24) is 5.32 Å². The molecule has 0 fully saturated rings. The molecule has 0 aromatic rings. The smallest absolute Gasteiger partial charge is 0.220 e. The van der Waals surface area contributed by atoms with Crippen LogP contribution in [0.25, 0.3) is 0 Å². The minimum atomic E-state index is 0.0638. The zero-order chi connectivity index (χ0) is 7.82. The fourth-order valence-corrected chi connectivity index (χ4v) is 0.827. The molecule has 60 valence electrons. The Balaban J connectivity index is 3.05. The molecule has 0 radical (unpaired) electrons. The zero-order valence-electron chi connectivity index (χ0n) is 6.02. The highest BCUT2D eigenvalue weighted by Gasteiger charge is 1.96. The number of halogens is 1. The molecule has 0 saturated carbocycles. The summed E-state index contributed by atoms with van der Waals surface area (Å²) in [7, 11) is 1.61. The number of ether oxygens (including phenoxy) is 1. The Morgan fingerprint density at radius 2 is 2.40 bits per heavy atom. The van der Waals surface area contributed by atoms with Crippen LogP contribution < -0.4 is 5.32 Å². The van der Waals surface area contributed by atoms with E-state index >= 15 is 0 Å². The lowest BCUT2D eigenvalue weighted by Crippen LogP contribution is -2.26. The lowest BCUT2D eigenvalue weighted by molar-refractivity contribution is -0.120. The van der Waals surface area contributed by atoms with Gasteiger partial charge in [0.25, 0.3) is 0 Å². The van der Waals surface area contributed by atoms with Gasteiger partial charge < -0.3 is 10.1 Å². The number of rotatable bonds is 5. The third kappa shape index (κ3) is 6.04. The van der Waals surface area contributed by atoms with E-state index in [4.69, 9.17) is 4.74 Å². The molecule has 10 heavy (non-hydrogen) atoms. The highest BCUT2D eigenvalue weighted by molar-refractivity contribution is 9.09. The average molecular weight is 210 g/mol. The Morgan fingerprint density at radius 3 is 2.90 bits per heavy atom. The van der Waals surface area contributed by atoms with Crippen LogP contribution in [0.4, 0.5) is 0 Å². The third-order valence-corrected chi connectivity index (χ3v) is 1.35. The number of hydrogen-bond donors (Lipinski definition) is 1. The number of alkyl halides is 1. The summed E-state index contributed by atoms with van der Waals surface area (Å²) in [5.74, 6) is 0.0638. The van der Waals surface area contributed by atoms with E-state index in [1.807, 2.05) is 0 Å². The lowest BCUT2D eigenvalue weighted by Gasteiger charge is -2.01. The standard InChI is InChI=1S/C6H12BrNO2/c1-10-5-4-8-6(9)2-3-7/h2-5H2,1H3,(H,8,9). The number of hydrogen-bond acceptors (Lipinski definition) is 2. The van der Waals surface area contributed by atoms with E-state index in [1.165, 1.54) is 0 Å². The van der Waals surface area contributed by atoms with Gasteiger partial charge in [-0.25, -0.2) is 0 Å². The molecule has 1 N–H and O–H groups in total. The van der Waals surface area contributed by atoms with Crippen LogP contribution in [0.15, 0.2) is 0 Å². The topological polar surface area (TPSA) is 38.3 Å². The Hall–Kier alpha value is -0.0900. The van der Waals surface area contributed by atoms with Crippen LogP contribution in [-0.4, -0.2) is 31.5 Å². The maximum Gasteiger partial charge on any atom is 0.220 e. The fraction of sp³-hybridized carbons (Fsp3) is 0.833. The van der Waals surface area contributed by atoms with Crippen molar-refractivity contribution in [2.75, 3.05) is 25.6 Å². The van der Waals surface area contributed by atoms with Crippen LogP contribution in [0, 0.1) is 0 Å². The molecule has 1 amide bonds. The van der Waals surface area contributed by atoms with Crippen LogP contribution in [0.2, 0.25) is 0 Å². The van der Waals surface area contributed by atoms with Crippen molar-refractivity contribution in [2.24, 2.45) is 0 Å². The van der Waals surface area contributed by atoms with Gasteiger partial charge in [0.05, 0.1) is 6.61 Å². The number of amides is 1. The lowest BCUT2D eigenvalue weighted by atomic mass is 10.4. The summed E-state index contributed by atoms with van der Waals surface area (Å²) in [4.78, 5) is 10.7. The van der Waals surface area contributed by atoms with Gasteiger partial charge in [0, 0.05) is 25.4 Å². The highest BCUT2D eigenvalue weighted by atomic mass is 79.9. The molecule has 0 unspecified atom stereocenters. The Morgan fingerprint density at radius 1 is 1.70 bits per heavy atom. The molecule has 0 saturated heterocycles. The van der Waals surface area contributed by atoms with E-state index in [2.05, 4.69) is 21.2 Å². The minimum Gasteiger partial charge on any atom is -0.383 e. The van der Waals surface area contributed by atoms with E-state index in [1.54, 1.807) is 7.11 Å². The van der Waals surface area contributed by atoms with Gasteiger partial charge >= 0.3 is 0 Å². The van der Waals surface area contributed by atoms with Gasteiger partial charge in [-0.05, 0) is 0 Å². The van der Waals surface area contributed by atoms with Crippen molar-refractivity contribution >= 4 is 21.8 Å². The molecule has 0 aromatic heterocycles. The van der Waals surface area contributed by atoms with Gasteiger partial charge in [-0.2, -0.15) is 0 Å². The van der Waals surface area contributed by atoms with Crippen molar-refractivity contribution in [3.8, 4) is 0 Å². The van der Waals surface area contributed by atoms with E-state index in [0.717, 1.165) is 0 Å². The average Bonchev–Trinajstić information content (AvgIpc) is 1.89. The number of nitrogens with one attached hydrogen (secondary N) is 1. The van der Waals surface area contributed by atoms with Gasteiger partial charge in [-0.3, -0.25) is 4.79 Å². The summed E-state index contributed by atoms with van der Waals surface area (Å²) in [5, 5.41) is 3.40. The minimum absolute atomic E-state index is 0.0638. The molecule has 0 aromatic carbocycles. The Labute approximate surface area is 69.3 Å². The van der Waals surface area contributed by atoms with E-state index in [0.29, 0.717) is 24.9 Å². The van der Waals surface area contributed by atoms with Crippen molar-refractivity contribution in [1.29, 1.82) is 0 Å². The molecule has 0 aliphatic heterocycles. The number of methoxy groups -OCH3 is 1. The van der Waals surface area contributed by atoms with E-state index < -0.39 is 0 Å². The van der Waals surface area contributed by atoms with Crippen molar-refractivity contribution in [3.05, 3.63) is 0 Å². The fourth-order valence-electron chi connectivity index (χ4n) is 0.467. The van der Waals surface area contributed by atoms with Gasteiger partial charge in [0.2, 0.25) is 5.91 Å². The maximum absolute atomic E-state index is 10.7. The maximum atomic E-state index is 10.7. The summed E-state index contributed by atoms with van der Waals surface area (Å²) in [5.41, 5.74) is 0. The van der Waals surface area contributed by atoms with Gasteiger partial charge in [-0.15, -0.1) is 0 Å². The van der Waals surface area contributed by atoms with Crippen molar-refractivity contribution in [2.45, 2.75) is 6.42 Å². The van der Waals surface area contributed by atoms with Crippen LogP contribution >= 0.6 is 15.9 Å². The normalized spacial score (nSPS) is 9.40. The van der Waals surface area contributed by atoms with Gasteiger partial charge in [0.15, 0.2) is 0 Å². The van der Waals surface area contributed by atoms with Crippen molar-refractivity contribution < 1.29 is 9.53 Å². The first-order valence-corrected chi connectivity index (χ1v) is 4.25. The van der Waals surface area contributed by atoms with Crippen LogP contribution in [0.3, 0.4) is 0 Å². The van der Waals surface area contributed by atoms with Crippen molar-refractivity contribution in [3.63, 3.8) is 0 Å². The zero-order valence-corrected chi connectivity index (χ0v) is 7.61. The molecular formula is C6H12BrNO2.